The van der Waals surface area contributed by atoms with Crippen LogP contribution in [0, 0.1) is 0 Å². The zero-order valence-electron chi connectivity index (χ0n) is 10.4. The van der Waals surface area contributed by atoms with Crippen LogP contribution in [-0.4, -0.2) is 11.6 Å². The Labute approximate surface area is 110 Å². The molecule has 4 heteroatoms. The van der Waals surface area contributed by atoms with Crippen LogP contribution in [0.25, 0.3) is 11.1 Å². The third-order valence-electron chi connectivity index (χ3n) is 2.80. The number of nitrogens with two attached hydrogens (primary N) is 1. The number of rotatable bonds is 4. The van der Waals surface area contributed by atoms with Crippen LogP contribution in [0.15, 0.2) is 52.9 Å². The summed E-state index contributed by atoms with van der Waals surface area (Å²) in [6.07, 6.45) is 0.638. The predicted octanol–water partition coefficient (Wildman–Crippen LogP) is 3.03. The SMILES string of the molecule is Nc1ccc(OCCc2nc3ccccc3o2)cc1. The van der Waals surface area contributed by atoms with E-state index in [0.29, 0.717) is 18.9 Å². The molecular formula is C15H14N2O2. The quantitative estimate of drug-likeness (QED) is 0.727. The van der Waals surface area contributed by atoms with Crippen molar-refractivity contribution in [1.29, 1.82) is 0 Å². The Bertz CT molecular complexity index is 641. The van der Waals surface area contributed by atoms with Gasteiger partial charge in [-0.15, -0.1) is 0 Å². The van der Waals surface area contributed by atoms with Gasteiger partial charge in [-0.05, 0) is 36.4 Å². The van der Waals surface area contributed by atoms with Gasteiger partial charge in [0.25, 0.3) is 0 Å². The summed E-state index contributed by atoms with van der Waals surface area (Å²) in [5.74, 6) is 1.49. The molecular weight excluding hydrogens is 240 g/mol. The fourth-order valence-electron chi connectivity index (χ4n) is 1.85. The molecule has 1 aromatic heterocycles. The van der Waals surface area contributed by atoms with Crippen molar-refractivity contribution in [3.63, 3.8) is 0 Å². The van der Waals surface area contributed by atoms with E-state index in [9.17, 15) is 0 Å². The van der Waals surface area contributed by atoms with Crippen LogP contribution in [0.5, 0.6) is 5.75 Å². The number of para-hydroxylation sites is 2. The molecule has 0 aliphatic heterocycles. The van der Waals surface area contributed by atoms with Crippen LogP contribution in [-0.2, 0) is 6.42 Å². The summed E-state index contributed by atoms with van der Waals surface area (Å²) in [5.41, 5.74) is 8.03. The van der Waals surface area contributed by atoms with Gasteiger partial charge in [0.15, 0.2) is 11.5 Å². The minimum atomic E-state index is 0.525. The molecule has 0 saturated carbocycles. The second kappa shape index (κ2) is 5.02. The first-order chi connectivity index (χ1) is 9.31. The number of ether oxygens (including phenoxy) is 1. The molecule has 0 saturated heterocycles. The summed E-state index contributed by atoms with van der Waals surface area (Å²) in [5, 5.41) is 0. The number of nitrogen functional groups attached to an aromatic ring is 1. The maximum Gasteiger partial charge on any atom is 0.198 e. The van der Waals surface area contributed by atoms with Crippen molar-refractivity contribution in [2.24, 2.45) is 0 Å². The average molecular weight is 254 g/mol. The molecule has 0 bridgehead atoms. The van der Waals surface area contributed by atoms with E-state index in [2.05, 4.69) is 4.98 Å². The fraction of sp³-hybridized carbons (Fsp3) is 0.133. The number of fused-ring (bicyclic) bond motifs is 1. The van der Waals surface area contributed by atoms with Gasteiger partial charge >= 0.3 is 0 Å². The van der Waals surface area contributed by atoms with Crippen LogP contribution in [0.1, 0.15) is 5.89 Å². The Morgan fingerprint density at radius 1 is 1.05 bits per heavy atom. The number of anilines is 1. The van der Waals surface area contributed by atoms with Gasteiger partial charge in [-0.3, -0.25) is 0 Å². The van der Waals surface area contributed by atoms with Gasteiger partial charge in [0, 0.05) is 5.69 Å². The van der Waals surface area contributed by atoms with Crippen molar-refractivity contribution in [2.75, 3.05) is 12.3 Å². The van der Waals surface area contributed by atoms with E-state index in [-0.39, 0.29) is 0 Å². The highest BCUT2D eigenvalue weighted by atomic mass is 16.5. The Morgan fingerprint density at radius 2 is 1.84 bits per heavy atom. The van der Waals surface area contributed by atoms with E-state index in [1.165, 1.54) is 0 Å². The van der Waals surface area contributed by atoms with E-state index in [0.717, 1.165) is 22.5 Å². The van der Waals surface area contributed by atoms with Gasteiger partial charge in [0.2, 0.25) is 0 Å². The van der Waals surface area contributed by atoms with Crippen molar-refractivity contribution >= 4 is 16.8 Å². The standard InChI is InChI=1S/C15H14N2O2/c16-11-5-7-12(8-6-11)18-10-9-15-17-13-3-1-2-4-14(13)19-15/h1-8H,9-10,16H2. The van der Waals surface area contributed by atoms with E-state index in [1.54, 1.807) is 0 Å². The minimum Gasteiger partial charge on any atom is -0.493 e. The largest absolute Gasteiger partial charge is 0.493 e. The second-order valence-corrected chi connectivity index (χ2v) is 4.24. The normalized spacial score (nSPS) is 10.7. The van der Waals surface area contributed by atoms with Crippen molar-refractivity contribution in [1.82, 2.24) is 4.98 Å². The molecule has 1 heterocycles. The molecule has 0 aliphatic carbocycles. The Hall–Kier alpha value is -2.49. The van der Waals surface area contributed by atoms with Crippen LogP contribution >= 0.6 is 0 Å². The van der Waals surface area contributed by atoms with Crippen molar-refractivity contribution in [2.45, 2.75) is 6.42 Å². The smallest absolute Gasteiger partial charge is 0.198 e. The predicted molar refractivity (Wildman–Crippen MR) is 74.1 cm³/mol. The molecule has 96 valence electrons. The summed E-state index contributed by atoms with van der Waals surface area (Å²) in [7, 11) is 0. The third-order valence-corrected chi connectivity index (χ3v) is 2.80. The van der Waals surface area contributed by atoms with Gasteiger partial charge in [-0.25, -0.2) is 4.98 Å². The number of benzene rings is 2. The molecule has 0 fully saturated rings. The van der Waals surface area contributed by atoms with Gasteiger partial charge in [0.1, 0.15) is 11.3 Å². The number of nitrogens with zero attached hydrogens (tertiary/aromatic N) is 1. The Morgan fingerprint density at radius 3 is 2.63 bits per heavy atom. The summed E-state index contributed by atoms with van der Waals surface area (Å²) >= 11 is 0. The molecule has 19 heavy (non-hydrogen) atoms. The molecule has 0 aliphatic rings. The molecule has 0 unspecified atom stereocenters. The molecule has 2 aromatic carbocycles. The number of hydrogen-bond donors (Lipinski definition) is 1. The first kappa shape index (κ1) is 11.6. The van der Waals surface area contributed by atoms with E-state index < -0.39 is 0 Å². The summed E-state index contributed by atoms with van der Waals surface area (Å²) in [6.45, 7) is 0.525. The molecule has 0 spiro atoms. The van der Waals surface area contributed by atoms with Crippen molar-refractivity contribution in [3.05, 3.63) is 54.4 Å². The van der Waals surface area contributed by atoms with Crippen molar-refractivity contribution in [3.8, 4) is 5.75 Å². The van der Waals surface area contributed by atoms with E-state index in [1.807, 2.05) is 48.5 Å². The zero-order chi connectivity index (χ0) is 13.1. The van der Waals surface area contributed by atoms with E-state index in [4.69, 9.17) is 14.9 Å². The highest BCUT2D eigenvalue weighted by molar-refractivity contribution is 5.72. The number of oxazole rings is 1. The van der Waals surface area contributed by atoms with Crippen LogP contribution in [0.4, 0.5) is 5.69 Å². The Kier molecular flexibility index (Phi) is 3.06. The summed E-state index contributed by atoms with van der Waals surface area (Å²) < 4.78 is 11.2. The molecule has 4 nitrogen and oxygen atoms in total. The van der Waals surface area contributed by atoms with E-state index >= 15 is 0 Å². The lowest BCUT2D eigenvalue weighted by Gasteiger charge is -2.04. The minimum absolute atomic E-state index is 0.525. The fourth-order valence-corrected chi connectivity index (χ4v) is 1.85. The molecule has 0 amide bonds. The summed E-state index contributed by atoms with van der Waals surface area (Å²) in [4.78, 5) is 4.39. The van der Waals surface area contributed by atoms with Gasteiger partial charge in [0.05, 0.1) is 13.0 Å². The van der Waals surface area contributed by atoms with Crippen molar-refractivity contribution < 1.29 is 9.15 Å². The first-order valence-electron chi connectivity index (χ1n) is 6.14. The number of hydrogen-bond acceptors (Lipinski definition) is 4. The molecule has 3 rings (SSSR count). The first-order valence-corrected chi connectivity index (χ1v) is 6.14. The van der Waals surface area contributed by atoms with Gasteiger partial charge < -0.3 is 14.9 Å². The molecule has 0 atom stereocenters. The van der Waals surface area contributed by atoms with Gasteiger partial charge in [-0.1, -0.05) is 12.1 Å². The lowest BCUT2D eigenvalue weighted by atomic mass is 10.3. The third kappa shape index (κ3) is 2.68. The molecule has 0 radical (unpaired) electrons. The lowest BCUT2D eigenvalue weighted by molar-refractivity contribution is 0.308. The zero-order valence-corrected chi connectivity index (χ0v) is 10.4. The maximum atomic E-state index is 5.61. The van der Waals surface area contributed by atoms with Gasteiger partial charge in [-0.2, -0.15) is 0 Å². The summed E-state index contributed by atoms with van der Waals surface area (Å²) in [6, 6.07) is 15.0. The highest BCUT2D eigenvalue weighted by Crippen LogP contribution is 2.16. The van der Waals surface area contributed by atoms with Crippen LogP contribution in [0.2, 0.25) is 0 Å². The Balaban J connectivity index is 1.61. The van der Waals surface area contributed by atoms with Crippen LogP contribution in [0.3, 0.4) is 0 Å². The molecule has 3 aromatic rings. The number of aromatic nitrogens is 1. The maximum absolute atomic E-state index is 5.61. The lowest BCUT2D eigenvalue weighted by Crippen LogP contribution is -2.01. The monoisotopic (exact) mass is 254 g/mol. The topological polar surface area (TPSA) is 61.3 Å². The second-order valence-electron chi connectivity index (χ2n) is 4.24. The average Bonchev–Trinajstić information content (AvgIpc) is 2.83. The van der Waals surface area contributed by atoms with Crippen LogP contribution < -0.4 is 10.5 Å². The molecule has 2 N–H and O–H groups in total. The highest BCUT2D eigenvalue weighted by Gasteiger charge is 2.04.